The van der Waals surface area contributed by atoms with Gasteiger partial charge in [-0.3, -0.25) is 19.3 Å². The number of tetrazole rings is 1. The van der Waals surface area contributed by atoms with E-state index in [1.54, 1.807) is 24.3 Å². The Morgan fingerprint density at radius 1 is 0.969 bits per heavy atom. The standard InChI is InChI=1S/C22H21N5O5/c28-19(10-7-14-5-8-15(9-6-14)27-13-23-24-25-27)18(22(31)32)11-12-26-20(29)16-3-1-2-4-17(16)21(26)30/h1-6,8-9,13,18-19,28H,7,10-12H2,(H,31,32). The Kier molecular flexibility index (Phi) is 6.04. The van der Waals surface area contributed by atoms with Crippen LogP contribution in [-0.2, 0) is 11.2 Å². The van der Waals surface area contributed by atoms with Crippen LogP contribution in [0.25, 0.3) is 5.69 Å². The number of hydrogen-bond acceptors (Lipinski definition) is 7. The number of carboxylic acid groups (broad SMARTS) is 1. The molecule has 4 rings (SSSR count). The van der Waals surface area contributed by atoms with E-state index in [1.807, 2.05) is 24.3 Å². The Hall–Kier alpha value is -3.92. The normalized spacial score (nSPS) is 15.0. The second-order valence-electron chi connectivity index (χ2n) is 7.57. The molecule has 1 aliphatic heterocycles. The van der Waals surface area contributed by atoms with Crippen molar-refractivity contribution in [2.45, 2.75) is 25.4 Å². The zero-order valence-corrected chi connectivity index (χ0v) is 17.0. The lowest BCUT2D eigenvalue weighted by atomic mass is 9.93. The number of carboxylic acids is 1. The molecule has 3 aromatic rings. The molecule has 0 aliphatic carbocycles. The van der Waals surface area contributed by atoms with Crippen LogP contribution < -0.4 is 0 Å². The molecule has 2 N–H and O–H groups in total. The van der Waals surface area contributed by atoms with Crippen LogP contribution in [0.15, 0.2) is 54.9 Å². The Balaban J connectivity index is 1.34. The van der Waals surface area contributed by atoms with Gasteiger partial charge in [-0.05, 0) is 59.5 Å². The van der Waals surface area contributed by atoms with Gasteiger partial charge in [0.1, 0.15) is 6.33 Å². The smallest absolute Gasteiger partial charge is 0.309 e. The van der Waals surface area contributed by atoms with Crippen LogP contribution in [0.3, 0.4) is 0 Å². The first-order valence-corrected chi connectivity index (χ1v) is 10.1. The summed E-state index contributed by atoms with van der Waals surface area (Å²) in [5.41, 5.74) is 2.33. The van der Waals surface area contributed by atoms with Crippen molar-refractivity contribution in [1.82, 2.24) is 25.1 Å². The summed E-state index contributed by atoms with van der Waals surface area (Å²) in [4.78, 5) is 37.7. The average molecular weight is 435 g/mol. The second kappa shape index (κ2) is 9.06. The minimum Gasteiger partial charge on any atom is -0.481 e. The van der Waals surface area contributed by atoms with Crippen LogP contribution in [0.1, 0.15) is 39.1 Å². The molecule has 2 aromatic carbocycles. The third kappa shape index (κ3) is 4.26. The number of carbonyl (C=O) groups is 3. The number of aromatic nitrogens is 4. The molecule has 164 valence electrons. The molecule has 0 fully saturated rings. The number of imide groups is 1. The Bertz CT molecular complexity index is 1090. The predicted octanol–water partition coefficient (Wildman–Crippen LogP) is 1.34. The number of aliphatic hydroxyl groups is 1. The second-order valence-corrected chi connectivity index (χ2v) is 7.57. The highest BCUT2D eigenvalue weighted by Gasteiger charge is 2.36. The summed E-state index contributed by atoms with van der Waals surface area (Å²) in [6.45, 7) is -0.0684. The van der Waals surface area contributed by atoms with E-state index >= 15 is 0 Å². The first-order chi connectivity index (χ1) is 15.5. The van der Waals surface area contributed by atoms with Gasteiger partial charge < -0.3 is 10.2 Å². The van der Waals surface area contributed by atoms with Gasteiger partial charge in [0.25, 0.3) is 11.8 Å². The summed E-state index contributed by atoms with van der Waals surface area (Å²) in [5, 5.41) is 31.1. The lowest BCUT2D eigenvalue weighted by Crippen LogP contribution is -2.36. The summed E-state index contributed by atoms with van der Waals surface area (Å²) < 4.78 is 1.51. The van der Waals surface area contributed by atoms with Crippen LogP contribution >= 0.6 is 0 Å². The molecular weight excluding hydrogens is 414 g/mol. The molecule has 0 radical (unpaired) electrons. The number of benzene rings is 2. The first kappa shape index (κ1) is 21.3. The fourth-order valence-corrected chi connectivity index (χ4v) is 3.80. The number of aryl methyl sites for hydroxylation is 1. The average Bonchev–Trinajstić information content (AvgIpc) is 3.42. The van der Waals surface area contributed by atoms with Crippen molar-refractivity contribution in [1.29, 1.82) is 0 Å². The summed E-state index contributed by atoms with van der Waals surface area (Å²) in [7, 11) is 0. The van der Waals surface area contributed by atoms with Crippen LogP contribution in [0, 0.1) is 5.92 Å². The monoisotopic (exact) mass is 435 g/mol. The molecule has 0 spiro atoms. The fourth-order valence-electron chi connectivity index (χ4n) is 3.80. The molecule has 0 bridgehead atoms. The molecule has 10 heteroatoms. The molecule has 0 saturated heterocycles. The van der Waals surface area contributed by atoms with Gasteiger partial charge >= 0.3 is 5.97 Å². The van der Waals surface area contributed by atoms with Crippen molar-refractivity contribution < 1.29 is 24.6 Å². The maximum Gasteiger partial charge on any atom is 0.309 e. The van der Waals surface area contributed by atoms with Crippen molar-refractivity contribution >= 4 is 17.8 Å². The third-order valence-electron chi connectivity index (χ3n) is 5.60. The summed E-state index contributed by atoms with van der Waals surface area (Å²) in [6, 6.07) is 13.9. The molecule has 10 nitrogen and oxygen atoms in total. The molecule has 2 heterocycles. The van der Waals surface area contributed by atoms with E-state index in [4.69, 9.17) is 0 Å². The fraction of sp³-hybridized carbons (Fsp3) is 0.273. The van der Waals surface area contributed by atoms with Crippen molar-refractivity contribution in [3.8, 4) is 5.69 Å². The van der Waals surface area contributed by atoms with Crippen LogP contribution in [0.4, 0.5) is 0 Å². The number of fused-ring (bicyclic) bond motifs is 1. The first-order valence-electron chi connectivity index (χ1n) is 10.1. The number of rotatable bonds is 9. The number of hydrogen-bond donors (Lipinski definition) is 2. The number of amides is 2. The third-order valence-corrected chi connectivity index (χ3v) is 5.60. The molecule has 2 amide bonds. The van der Waals surface area contributed by atoms with Crippen molar-refractivity contribution in [2.24, 2.45) is 5.92 Å². The van der Waals surface area contributed by atoms with Crippen molar-refractivity contribution in [3.63, 3.8) is 0 Å². The van der Waals surface area contributed by atoms with Crippen LogP contribution in [0.2, 0.25) is 0 Å². The van der Waals surface area contributed by atoms with E-state index < -0.39 is 29.8 Å². The van der Waals surface area contributed by atoms with Gasteiger partial charge in [-0.1, -0.05) is 24.3 Å². The highest BCUT2D eigenvalue weighted by Crippen LogP contribution is 2.24. The molecule has 1 aromatic heterocycles. The molecular formula is C22H21N5O5. The van der Waals surface area contributed by atoms with Gasteiger partial charge in [0, 0.05) is 6.54 Å². The lowest BCUT2D eigenvalue weighted by molar-refractivity contribution is -0.146. The van der Waals surface area contributed by atoms with Gasteiger partial charge in [0.05, 0.1) is 28.8 Å². The summed E-state index contributed by atoms with van der Waals surface area (Å²) >= 11 is 0. The molecule has 2 unspecified atom stereocenters. The van der Waals surface area contributed by atoms with E-state index in [-0.39, 0.29) is 19.4 Å². The molecule has 32 heavy (non-hydrogen) atoms. The Morgan fingerprint density at radius 2 is 1.62 bits per heavy atom. The lowest BCUT2D eigenvalue weighted by Gasteiger charge is -2.22. The van der Waals surface area contributed by atoms with Crippen LogP contribution in [0.5, 0.6) is 0 Å². The quantitative estimate of drug-likeness (QED) is 0.480. The minimum absolute atomic E-state index is 0.0276. The number of aliphatic hydroxyl groups excluding tert-OH is 1. The van der Waals surface area contributed by atoms with Gasteiger partial charge in [-0.15, -0.1) is 5.10 Å². The Morgan fingerprint density at radius 3 is 2.19 bits per heavy atom. The number of nitrogens with zero attached hydrogens (tertiary/aromatic N) is 5. The maximum absolute atomic E-state index is 12.5. The van der Waals surface area contributed by atoms with E-state index in [1.165, 1.54) is 11.0 Å². The van der Waals surface area contributed by atoms with E-state index in [2.05, 4.69) is 15.5 Å². The van der Waals surface area contributed by atoms with Crippen molar-refractivity contribution in [2.75, 3.05) is 6.54 Å². The largest absolute Gasteiger partial charge is 0.481 e. The van der Waals surface area contributed by atoms with E-state index in [9.17, 15) is 24.6 Å². The number of aliphatic carboxylic acids is 1. The predicted molar refractivity (Wildman–Crippen MR) is 111 cm³/mol. The number of carbonyl (C=O) groups excluding carboxylic acids is 2. The molecule has 2 atom stereocenters. The zero-order chi connectivity index (χ0) is 22.7. The van der Waals surface area contributed by atoms with Gasteiger partial charge in [-0.25, -0.2) is 4.68 Å². The highest BCUT2D eigenvalue weighted by molar-refractivity contribution is 6.21. The zero-order valence-electron chi connectivity index (χ0n) is 17.0. The van der Waals surface area contributed by atoms with Crippen molar-refractivity contribution in [3.05, 3.63) is 71.5 Å². The SMILES string of the molecule is O=C(O)C(CCN1C(=O)c2ccccc2C1=O)C(O)CCc1ccc(-n2cnnn2)cc1. The molecule has 0 saturated carbocycles. The maximum atomic E-state index is 12.5. The van der Waals surface area contributed by atoms with Crippen LogP contribution in [-0.4, -0.2) is 65.8 Å². The molecule has 1 aliphatic rings. The van der Waals surface area contributed by atoms with E-state index in [0.29, 0.717) is 17.5 Å². The highest BCUT2D eigenvalue weighted by atomic mass is 16.4. The van der Waals surface area contributed by atoms with Gasteiger partial charge in [0.15, 0.2) is 0 Å². The van der Waals surface area contributed by atoms with Gasteiger partial charge in [-0.2, -0.15) is 0 Å². The van der Waals surface area contributed by atoms with E-state index in [0.717, 1.165) is 16.2 Å². The Labute approximate surface area is 183 Å². The van der Waals surface area contributed by atoms with Gasteiger partial charge in [0.2, 0.25) is 0 Å². The summed E-state index contributed by atoms with van der Waals surface area (Å²) in [5.74, 6) is -3.14. The minimum atomic E-state index is -1.16. The summed E-state index contributed by atoms with van der Waals surface area (Å²) in [6.07, 6.45) is 1.02. The topological polar surface area (TPSA) is 139 Å².